The average Bonchev–Trinajstić information content (AvgIpc) is 2.95. The molecule has 1 saturated carbocycles. The first-order chi connectivity index (χ1) is 8.13. The monoisotopic (exact) mass is 241 g/mol. The molecule has 1 amide bonds. The number of carbonyl (C=O) groups excluding carboxylic acids is 1. The standard InChI is InChI=1S/C12H19NO4/c1-2-13(11(14)5-8-3-4-8)10-7-17-6-9(10)12(15)16/h8-10H,2-7H2,1H3,(H,15,16). The Morgan fingerprint density at radius 2 is 2.06 bits per heavy atom. The van der Waals surface area contributed by atoms with Gasteiger partial charge in [0.1, 0.15) is 5.92 Å². The van der Waals surface area contributed by atoms with Gasteiger partial charge < -0.3 is 14.7 Å². The highest BCUT2D eigenvalue weighted by molar-refractivity contribution is 5.79. The van der Waals surface area contributed by atoms with Gasteiger partial charge in [-0.25, -0.2) is 0 Å². The molecule has 2 atom stereocenters. The highest BCUT2D eigenvalue weighted by Crippen LogP contribution is 2.33. The maximum Gasteiger partial charge on any atom is 0.311 e. The van der Waals surface area contributed by atoms with Crippen molar-refractivity contribution >= 4 is 11.9 Å². The van der Waals surface area contributed by atoms with Crippen molar-refractivity contribution in [1.82, 2.24) is 4.90 Å². The maximum absolute atomic E-state index is 12.1. The van der Waals surface area contributed by atoms with E-state index in [0.717, 1.165) is 12.8 Å². The molecular formula is C12H19NO4. The van der Waals surface area contributed by atoms with E-state index >= 15 is 0 Å². The predicted octanol–water partition coefficient (Wildman–Crippen LogP) is 0.735. The van der Waals surface area contributed by atoms with Gasteiger partial charge in [-0.05, 0) is 25.7 Å². The van der Waals surface area contributed by atoms with Crippen LogP contribution < -0.4 is 0 Å². The molecule has 1 saturated heterocycles. The number of ether oxygens (including phenoxy) is 1. The summed E-state index contributed by atoms with van der Waals surface area (Å²) < 4.78 is 5.21. The zero-order valence-electron chi connectivity index (χ0n) is 10.1. The van der Waals surface area contributed by atoms with Crippen LogP contribution in [0.4, 0.5) is 0 Å². The summed E-state index contributed by atoms with van der Waals surface area (Å²) in [5, 5.41) is 9.09. The van der Waals surface area contributed by atoms with Crippen molar-refractivity contribution in [3.63, 3.8) is 0 Å². The minimum Gasteiger partial charge on any atom is -0.481 e. The Morgan fingerprint density at radius 1 is 1.35 bits per heavy atom. The topological polar surface area (TPSA) is 66.8 Å². The summed E-state index contributed by atoms with van der Waals surface area (Å²) in [5.74, 6) is -0.831. The van der Waals surface area contributed by atoms with Crippen molar-refractivity contribution in [2.75, 3.05) is 19.8 Å². The van der Waals surface area contributed by atoms with Gasteiger partial charge in [0.05, 0.1) is 19.3 Å². The summed E-state index contributed by atoms with van der Waals surface area (Å²) in [6.07, 6.45) is 2.83. The molecule has 0 aromatic heterocycles. The molecule has 96 valence electrons. The van der Waals surface area contributed by atoms with Crippen molar-refractivity contribution in [3.8, 4) is 0 Å². The molecule has 0 radical (unpaired) electrons. The Labute approximate surface area is 101 Å². The molecule has 0 aromatic rings. The van der Waals surface area contributed by atoms with E-state index < -0.39 is 11.9 Å². The number of amides is 1. The molecule has 1 heterocycles. The third-order valence-electron chi connectivity index (χ3n) is 3.59. The number of aliphatic carboxylic acids is 1. The molecule has 1 aliphatic heterocycles. The summed E-state index contributed by atoms with van der Waals surface area (Å²) in [7, 11) is 0. The summed E-state index contributed by atoms with van der Waals surface area (Å²) in [6, 6.07) is -0.288. The van der Waals surface area contributed by atoms with Gasteiger partial charge in [0.2, 0.25) is 5.91 Å². The summed E-state index contributed by atoms with van der Waals surface area (Å²) >= 11 is 0. The fourth-order valence-corrected chi connectivity index (χ4v) is 2.37. The predicted molar refractivity (Wildman–Crippen MR) is 60.5 cm³/mol. The first-order valence-electron chi connectivity index (χ1n) is 6.23. The zero-order chi connectivity index (χ0) is 12.4. The third-order valence-corrected chi connectivity index (χ3v) is 3.59. The normalized spacial score (nSPS) is 28.1. The molecule has 2 aliphatic rings. The Morgan fingerprint density at radius 3 is 2.59 bits per heavy atom. The number of carbonyl (C=O) groups is 2. The largest absolute Gasteiger partial charge is 0.481 e. The number of carboxylic acids is 1. The van der Waals surface area contributed by atoms with Crippen molar-refractivity contribution in [3.05, 3.63) is 0 Å². The van der Waals surface area contributed by atoms with Crippen molar-refractivity contribution in [2.24, 2.45) is 11.8 Å². The number of hydrogen-bond donors (Lipinski definition) is 1. The quantitative estimate of drug-likeness (QED) is 0.770. The lowest BCUT2D eigenvalue weighted by Crippen LogP contribution is -2.46. The minimum absolute atomic E-state index is 0.0803. The van der Waals surface area contributed by atoms with E-state index in [9.17, 15) is 9.59 Å². The summed E-state index contributed by atoms with van der Waals surface area (Å²) in [5.41, 5.74) is 0. The summed E-state index contributed by atoms with van der Waals surface area (Å²) in [6.45, 7) is 3.01. The molecule has 0 spiro atoms. The SMILES string of the molecule is CCN(C(=O)CC1CC1)C1COCC1C(=O)O. The molecule has 2 fully saturated rings. The molecule has 17 heavy (non-hydrogen) atoms. The molecule has 1 N–H and O–H groups in total. The first kappa shape index (κ1) is 12.4. The number of likely N-dealkylation sites (N-methyl/N-ethyl adjacent to an activating group) is 1. The Bertz CT molecular complexity index is 314. The first-order valence-corrected chi connectivity index (χ1v) is 6.23. The summed E-state index contributed by atoms with van der Waals surface area (Å²) in [4.78, 5) is 24.8. The molecule has 5 heteroatoms. The molecule has 1 aliphatic carbocycles. The fraction of sp³-hybridized carbons (Fsp3) is 0.833. The molecule has 2 rings (SSSR count). The van der Waals surface area contributed by atoms with Crippen LogP contribution in [0.25, 0.3) is 0 Å². The third kappa shape index (κ3) is 2.77. The van der Waals surface area contributed by atoms with E-state index in [1.165, 1.54) is 0 Å². The second-order valence-corrected chi connectivity index (χ2v) is 4.88. The van der Waals surface area contributed by atoms with Crippen molar-refractivity contribution in [1.29, 1.82) is 0 Å². The number of carboxylic acid groups (broad SMARTS) is 1. The van der Waals surface area contributed by atoms with E-state index in [0.29, 0.717) is 25.5 Å². The van der Waals surface area contributed by atoms with E-state index in [-0.39, 0.29) is 18.6 Å². The highest BCUT2D eigenvalue weighted by atomic mass is 16.5. The molecular weight excluding hydrogens is 222 g/mol. The van der Waals surface area contributed by atoms with Crippen LogP contribution in [0.15, 0.2) is 0 Å². The van der Waals surface area contributed by atoms with Crippen LogP contribution in [0.1, 0.15) is 26.2 Å². The van der Waals surface area contributed by atoms with E-state index in [4.69, 9.17) is 9.84 Å². The van der Waals surface area contributed by atoms with Crippen LogP contribution in [0.2, 0.25) is 0 Å². The van der Waals surface area contributed by atoms with E-state index in [1.807, 2.05) is 6.92 Å². The van der Waals surface area contributed by atoms with Crippen LogP contribution in [0.5, 0.6) is 0 Å². The number of hydrogen-bond acceptors (Lipinski definition) is 3. The van der Waals surface area contributed by atoms with Crippen molar-refractivity contribution in [2.45, 2.75) is 32.2 Å². The molecule has 0 bridgehead atoms. The maximum atomic E-state index is 12.1. The van der Waals surface area contributed by atoms with Crippen LogP contribution in [-0.2, 0) is 14.3 Å². The van der Waals surface area contributed by atoms with Crippen LogP contribution in [-0.4, -0.2) is 47.7 Å². The van der Waals surface area contributed by atoms with E-state index in [2.05, 4.69) is 0 Å². The Hall–Kier alpha value is -1.10. The van der Waals surface area contributed by atoms with Gasteiger partial charge in [0, 0.05) is 13.0 Å². The Balaban J connectivity index is 2.00. The molecule has 0 aromatic carbocycles. The molecule has 2 unspecified atom stereocenters. The van der Waals surface area contributed by atoms with Crippen LogP contribution in [0.3, 0.4) is 0 Å². The number of rotatable bonds is 5. The van der Waals surface area contributed by atoms with Crippen molar-refractivity contribution < 1.29 is 19.4 Å². The second kappa shape index (κ2) is 5.04. The smallest absolute Gasteiger partial charge is 0.311 e. The Kier molecular flexibility index (Phi) is 3.66. The van der Waals surface area contributed by atoms with Gasteiger partial charge in [-0.15, -0.1) is 0 Å². The molecule has 5 nitrogen and oxygen atoms in total. The lowest BCUT2D eigenvalue weighted by Gasteiger charge is -2.29. The van der Waals surface area contributed by atoms with Crippen LogP contribution >= 0.6 is 0 Å². The zero-order valence-corrected chi connectivity index (χ0v) is 10.1. The van der Waals surface area contributed by atoms with Gasteiger partial charge in [-0.2, -0.15) is 0 Å². The lowest BCUT2D eigenvalue weighted by atomic mass is 10.0. The number of nitrogens with zero attached hydrogens (tertiary/aromatic N) is 1. The fourth-order valence-electron chi connectivity index (χ4n) is 2.37. The second-order valence-electron chi connectivity index (χ2n) is 4.88. The van der Waals surface area contributed by atoms with Crippen LogP contribution in [0, 0.1) is 11.8 Å². The minimum atomic E-state index is -0.870. The van der Waals surface area contributed by atoms with Gasteiger partial charge >= 0.3 is 5.97 Å². The lowest BCUT2D eigenvalue weighted by molar-refractivity contribution is -0.145. The van der Waals surface area contributed by atoms with Gasteiger partial charge in [-0.3, -0.25) is 9.59 Å². The van der Waals surface area contributed by atoms with Gasteiger partial charge in [0.15, 0.2) is 0 Å². The highest BCUT2D eigenvalue weighted by Gasteiger charge is 2.40. The average molecular weight is 241 g/mol. The van der Waals surface area contributed by atoms with Gasteiger partial charge in [-0.1, -0.05) is 0 Å². The van der Waals surface area contributed by atoms with Gasteiger partial charge in [0.25, 0.3) is 0 Å². The van der Waals surface area contributed by atoms with E-state index in [1.54, 1.807) is 4.90 Å².